The number of esters is 1. The van der Waals surface area contributed by atoms with E-state index >= 15 is 0 Å². The van der Waals surface area contributed by atoms with Gasteiger partial charge in [0.2, 0.25) is 0 Å². The minimum absolute atomic E-state index is 0.0222. The second kappa shape index (κ2) is 12.6. The monoisotopic (exact) mass is 358 g/mol. The molecule has 0 rings (SSSR count). The van der Waals surface area contributed by atoms with Gasteiger partial charge in [-0.25, -0.2) is 4.57 Å². The van der Waals surface area contributed by atoms with Crippen molar-refractivity contribution in [3.8, 4) is 0 Å². The summed E-state index contributed by atoms with van der Waals surface area (Å²) < 4.78 is 25.2. The van der Waals surface area contributed by atoms with Crippen molar-refractivity contribution in [1.82, 2.24) is 0 Å². The smallest absolute Gasteiger partial charge is 0.458 e. The maximum atomic E-state index is 10.7. The molecule has 0 fully saturated rings. The van der Waals surface area contributed by atoms with Crippen LogP contribution in [0.25, 0.3) is 0 Å². The first kappa shape index (κ1) is 24.5. The van der Waals surface area contributed by atoms with Crippen LogP contribution < -0.4 is 0 Å². The molecule has 0 amide bonds. The summed E-state index contributed by atoms with van der Waals surface area (Å²) in [4.78, 5) is 27.6. The van der Waals surface area contributed by atoms with E-state index in [9.17, 15) is 9.36 Å². The standard InChI is InChI=1S/C8H15O7P.C5H14NO/c1-3-4-13-5-8(15-7(2)9)6-14-16(10,11)12;1-6(2,3)4-5-7/h3,8H,1,4-6H2,2H3,(H2,10,11,12);7H,4-5H2,1-3H3/q;+1/t8-;/m1./s1. The molecule has 1 atom stereocenters. The molecule has 0 heterocycles. The van der Waals surface area contributed by atoms with Crippen molar-refractivity contribution >= 4 is 13.8 Å². The van der Waals surface area contributed by atoms with Crippen molar-refractivity contribution in [2.75, 3.05) is 54.1 Å². The van der Waals surface area contributed by atoms with Crippen molar-refractivity contribution in [2.24, 2.45) is 0 Å². The molecular weight excluding hydrogens is 329 g/mol. The van der Waals surface area contributed by atoms with E-state index in [2.05, 4.69) is 32.2 Å². The van der Waals surface area contributed by atoms with E-state index in [4.69, 9.17) is 24.4 Å². The third-order valence-electron chi connectivity index (χ3n) is 2.07. The predicted octanol–water partition coefficient (Wildman–Crippen LogP) is -0.0851. The van der Waals surface area contributed by atoms with Gasteiger partial charge in [-0.15, -0.1) is 6.58 Å². The third kappa shape index (κ3) is 23.6. The fourth-order valence-corrected chi connectivity index (χ4v) is 1.47. The first-order valence-corrected chi connectivity index (χ1v) is 8.41. The van der Waals surface area contributed by atoms with Crippen LogP contribution in [0.2, 0.25) is 0 Å². The number of aliphatic hydroxyl groups excluding tert-OH is 1. The summed E-state index contributed by atoms with van der Waals surface area (Å²) in [6.07, 6.45) is 0.638. The van der Waals surface area contributed by atoms with E-state index in [0.29, 0.717) is 0 Å². The molecule has 0 aromatic rings. The SMILES string of the molecule is C=CCOC[C@H](COP(=O)(O)O)OC(C)=O.C[N+](C)(C)CCO. The normalized spacial score (nSPS) is 12.8. The predicted molar refractivity (Wildman–Crippen MR) is 84.6 cm³/mol. The Balaban J connectivity index is 0. The van der Waals surface area contributed by atoms with Crippen LogP contribution in [0.5, 0.6) is 0 Å². The fourth-order valence-electron chi connectivity index (χ4n) is 1.11. The summed E-state index contributed by atoms with van der Waals surface area (Å²) >= 11 is 0. The van der Waals surface area contributed by atoms with Crippen LogP contribution in [0.3, 0.4) is 0 Å². The lowest BCUT2D eigenvalue weighted by Gasteiger charge is -2.21. The molecule has 0 aromatic heterocycles. The lowest BCUT2D eigenvalue weighted by Crippen LogP contribution is -2.36. The minimum atomic E-state index is -4.57. The van der Waals surface area contributed by atoms with E-state index in [1.54, 1.807) is 0 Å². The number of carbonyl (C=O) groups excluding carboxylic acids is 1. The van der Waals surface area contributed by atoms with Crippen molar-refractivity contribution in [1.29, 1.82) is 0 Å². The largest absolute Gasteiger partial charge is 0.469 e. The van der Waals surface area contributed by atoms with Crippen LogP contribution in [-0.4, -0.2) is 85.6 Å². The Kier molecular flexibility index (Phi) is 13.4. The van der Waals surface area contributed by atoms with E-state index in [-0.39, 0.29) is 19.8 Å². The van der Waals surface area contributed by atoms with Gasteiger partial charge in [-0.3, -0.25) is 9.32 Å². The third-order valence-corrected chi connectivity index (χ3v) is 2.56. The van der Waals surface area contributed by atoms with Gasteiger partial charge >= 0.3 is 13.8 Å². The Morgan fingerprint density at radius 1 is 1.30 bits per heavy atom. The second-order valence-electron chi connectivity index (χ2n) is 5.58. The number of ether oxygens (including phenoxy) is 2. The van der Waals surface area contributed by atoms with E-state index in [0.717, 1.165) is 11.0 Å². The zero-order valence-corrected chi connectivity index (χ0v) is 15.1. The molecule has 0 aliphatic rings. The molecule has 10 heteroatoms. The van der Waals surface area contributed by atoms with Crippen LogP contribution >= 0.6 is 7.82 Å². The second-order valence-corrected chi connectivity index (χ2v) is 6.82. The van der Waals surface area contributed by atoms with E-state index in [1.165, 1.54) is 13.0 Å². The highest BCUT2D eigenvalue weighted by molar-refractivity contribution is 7.46. The number of hydrogen-bond acceptors (Lipinski definition) is 6. The number of quaternary nitrogens is 1. The molecule has 0 aliphatic heterocycles. The van der Waals surface area contributed by atoms with Crippen LogP contribution in [0.1, 0.15) is 6.92 Å². The number of hydrogen-bond donors (Lipinski definition) is 3. The fraction of sp³-hybridized carbons (Fsp3) is 0.769. The van der Waals surface area contributed by atoms with Gasteiger partial charge in [0.15, 0.2) is 0 Å². The lowest BCUT2D eigenvalue weighted by molar-refractivity contribution is -0.870. The van der Waals surface area contributed by atoms with Gasteiger partial charge in [0.1, 0.15) is 12.6 Å². The maximum absolute atomic E-state index is 10.7. The van der Waals surface area contributed by atoms with E-state index < -0.39 is 26.5 Å². The zero-order chi connectivity index (χ0) is 18.5. The first-order valence-electron chi connectivity index (χ1n) is 6.88. The summed E-state index contributed by atoms with van der Waals surface area (Å²) in [5, 5.41) is 8.39. The maximum Gasteiger partial charge on any atom is 0.469 e. The molecule has 0 saturated carbocycles. The first-order chi connectivity index (χ1) is 10.4. The van der Waals surface area contributed by atoms with E-state index in [1.807, 2.05) is 0 Å². The number of rotatable bonds is 10. The lowest BCUT2D eigenvalue weighted by atomic mass is 10.4. The highest BCUT2D eigenvalue weighted by Crippen LogP contribution is 2.35. The van der Waals surface area contributed by atoms with Gasteiger partial charge < -0.3 is 28.9 Å². The Labute approximate surface area is 137 Å². The Bertz CT molecular complexity index is 377. The number of likely N-dealkylation sites (N-methyl/N-ethyl adjacent to an activating group) is 1. The number of phosphoric acid groups is 1. The highest BCUT2D eigenvalue weighted by atomic mass is 31.2. The van der Waals surface area contributed by atoms with Gasteiger partial charge in [-0.05, 0) is 0 Å². The molecule has 0 spiro atoms. The van der Waals surface area contributed by atoms with Crippen molar-refractivity contribution in [2.45, 2.75) is 13.0 Å². The molecule has 3 N–H and O–H groups in total. The quantitative estimate of drug-likeness (QED) is 0.163. The van der Waals surface area contributed by atoms with Crippen LogP contribution in [-0.2, 0) is 23.4 Å². The molecule has 23 heavy (non-hydrogen) atoms. The molecular formula is C13H29NO8P+. The number of phosphoric ester groups is 1. The Morgan fingerprint density at radius 3 is 2.17 bits per heavy atom. The van der Waals surface area contributed by atoms with Crippen molar-refractivity contribution in [3.63, 3.8) is 0 Å². The van der Waals surface area contributed by atoms with Gasteiger partial charge in [0.05, 0.1) is 47.6 Å². The average Bonchev–Trinajstić information content (AvgIpc) is 2.34. The van der Waals surface area contributed by atoms with Gasteiger partial charge in [0.25, 0.3) is 0 Å². The summed E-state index contributed by atoms with van der Waals surface area (Å²) in [6, 6.07) is 0. The molecule has 0 aromatic carbocycles. The van der Waals surface area contributed by atoms with Crippen LogP contribution in [0, 0.1) is 0 Å². The van der Waals surface area contributed by atoms with Gasteiger partial charge in [0, 0.05) is 6.92 Å². The summed E-state index contributed by atoms with van der Waals surface area (Å²) in [7, 11) is 1.59. The van der Waals surface area contributed by atoms with Gasteiger partial charge in [-0.2, -0.15) is 0 Å². The summed E-state index contributed by atoms with van der Waals surface area (Å²) in [5.41, 5.74) is 0. The molecule has 0 unspecified atom stereocenters. The summed E-state index contributed by atoms with van der Waals surface area (Å²) in [6.45, 7) is 5.50. The molecule has 0 radical (unpaired) electrons. The average molecular weight is 358 g/mol. The topological polar surface area (TPSA) is 123 Å². The molecule has 0 aliphatic carbocycles. The number of carbonyl (C=O) groups is 1. The van der Waals surface area contributed by atoms with Gasteiger partial charge in [-0.1, -0.05) is 6.08 Å². The number of aliphatic hydroxyl groups is 1. The molecule has 9 nitrogen and oxygen atoms in total. The molecule has 0 bridgehead atoms. The molecule has 0 saturated heterocycles. The highest BCUT2D eigenvalue weighted by Gasteiger charge is 2.20. The Hall–Kier alpha value is -0.800. The zero-order valence-electron chi connectivity index (χ0n) is 14.2. The van der Waals surface area contributed by atoms with Crippen molar-refractivity contribution < 1.29 is 42.7 Å². The Morgan fingerprint density at radius 2 is 1.87 bits per heavy atom. The summed E-state index contributed by atoms with van der Waals surface area (Å²) in [5.74, 6) is -0.582. The van der Waals surface area contributed by atoms with Crippen LogP contribution in [0.4, 0.5) is 0 Å². The minimum Gasteiger partial charge on any atom is -0.458 e. The molecule has 138 valence electrons. The van der Waals surface area contributed by atoms with Crippen molar-refractivity contribution in [3.05, 3.63) is 12.7 Å². The van der Waals surface area contributed by atoms with Crippen LogP contribution in [0.15, 0.2) is 12.7 Å². The number of nitrogens with zero attached hydrogens (tertiary/aromatic N) is 1.